The predicted octanol–water partition coefficient (Wildman–Crippen LogP) is 14.3. The summed E-state index contributed by atoms with van der Waals surface area (Å²) in [4.78, 5) is 57.9. The van der Waals surface area contributed by atoms with Gasteiger partial charge in [-0.2, -0.15) is 0 Å². The number of hydrogen-bond donors (Lipinski definition) is 4. The summed E-state index contributed by atoms with van der Waals surface area (Å²) in [5.74, 6) is -1.60. The third-order valence-electron chi connectivity index (χ3n) is 11.7. The maximum absolute atomic E-state index is 12.8. The molecule has 0 bridgehead atoms. The van der Waals surface area contributed by atoms with Crippen molar-refractivity contribution in [2.75, 3.05) is 39.6 Å². The third kappa shape index (κ3) is 53.1. The Morgan fingerprint density at radius 2 is 0.733 bits per heavy atom. The molecule has 0 spiro atoms. The fraction of sp³-hybridized carbons (Fsp3) is 0.772. The van der Waals surface area contributed by atoms with Gasteiger partial charge in [0.25, 0.3) is 0 Å². The van der Waals surface area contributed by atoms with Crippen molar-refractivity contribution in [3.8, 4) is 0 Å². The summed E-state index contributed by atoms with van der Waals surface area (Å²) >= 11 is 0. The number of aliphatic hydroxyl groups excluding tert-OH is 2. The van der Waals surface area contributed by atoms with Crippen LogP contribution < -0.4 is 0 Å². The van der Waals surface area contributed by atoms with Gasteiger partial charge in [0.15, 0.2) is 6.10 Å². The van der Waals surface area contributed by atoms with Gasteiger partial charge in [-0.25, -0.2) is 9.13 Å². The molecule has 16 nitrogen and oxygen atoms in total. The van der Waals surface area contributed by atoms with Crippen molar-refractivity contribution in [1.29, 1.82) is 0 Å². The van der Waals surface area contributed by atoms with Gasteiger partial charge in [0.05, 0.1) is 26.4 Å². The van der Waals surface area contributed by atoms with Crippen LogP contribution in [0.5, 0.6) is 0 Å². The lowest BCUT2D eigenvalue weighted by atomic mass is 10.1. The van der Waals surface area contributed by atoms with Crippen molar-refractivity contribution in [2.24, 2.45) is 0 Å². The Kier molecular flexibility index (Phi) is 50.1. The SMILES string of the molecule is CC/C=C\C/C=C\C/C=C\CCCCCCCC(=O)OCC(O)COP(=O)(O)OCC(O)COP(=O)(O)OCC(COC(=O)CCCCCCC/C=C\C/C=C\CCC)OC(=O)CCCCCCCCCCCCC. The van der Waals surface area contributed by atoms with Crippen LogP contribution in [0.4, 0.5) is 0 Å². The van der Waals surface area contributed by atoms with Gasteiger partial charge < -0.3 is 34.2 Å². The zero-order chi connectivity index (χ0) is 55.4. The number of aliphatic hydroxyl groups is 2. The minimum atomic E-state index is -4.91. The Bertz CT molecular complexity index is 1630. The van der Waals surface area contributed by atoms with Crippen LogP contribution in [-0.2, 0) is 55.8 Å². The van der Waals surface area contributed by atoms with E-state index in [1.807, 2.05) is 0 Å². The fourth-order valence-corrected chi connectivity index (χ4v) is 8.91. The summed E-state index contributed by atoms with van der Waals surface area (Å²) in [6, 6.07) is 0. The molecule has 0 rings (SSSR count). The van der Waals surface area contributed by atoms with Gasteiger partial charge in [0.1, 0.15) is 25.4 Å². The average Bonchev–Trinajstić information content (AvgIpc) is 3.38. The molecule has 0 aliphatic heterocycles. The van der Waals surface area contributed by atoms with Crippen LogP contribution in [0.2, 0.25) is 0 Å². The van der Waals surface area contributed by atoms with E-state index in [4.69, 9.17) is 32.3 Å². The number of esters is 3. The van der Waals surface area contributed by atoms with Crippen molar-refractivity contribution < 1.29 is 75.8 Å². The molecule has 4 N–H and O–H groups in total. The number of carbonyl (C=O) groups excluding carboxylic acids is 3. The number of allylic oxidation sites excluding steroid dienone is 10. The molecule has 0 heterocycles. The summed E-state index contributed by atoms with van der Waals surface area (Å²) in [7, 11) is -9.75. The molecule has 0 aliphatic carbocycles. The number of rotatable bonds is 54. The third-order valence-corrected chi connectivity index (χ3v) is 13.6. The number of unbranched alkanes of at least 4 members (excludes halogenated alkanes) is 21. The first-order chi connectivity index (χ1) is 36.2. The summed E-state index contributed by atoms with van der Waals surface area (Å²) < 4.78 is 60.4. The number of hydrogen-bond acceptors (Lipinski definition) is 14. The topological polar surface area (TPSA) is 231 Å². The Balaban J connectivity index is 4.67. The van der Waals surface area contributed by atoms with Crippen molar-refractivity contribution in [3.05, 3.63) is 60.8 Å². The minimum absolute atomic E-state index is 0.105. The van der Waals surface area contributed by atoms with Crippen molar-refractivity contribution in [3.63, 3.8) is 0 Å². The Hall–Kier alpha value is -2.75. The van der Waals surface area contributed by atoms with Gasteiger partial charge in [-0.3, -0.25) is 32.5 Å². The van der Waals surface area contributed by atoms with E-state index < -0.39 is 91.5 Å². The van der Waals surface area contributed by atoms with Gasteiger partial charge in [-0.15, -0.1) is 0 Å². The Labute approximate surface area is 452 Å². The monoisotopic (exact) mass is 1100 g/mol. The number of phosphoric ester groups is 2. The highest BCUT2D eigenvalue weighted by atomic mass is 31.2. The zero-order valence-electron chi connectivity index (χ0n) is 46.5. The first kappa shape index (κ1) is 72.2. The zero-order valence-corrected chi connectivity index (χ0v) is 48.2. The van der Waals surface area contributed by atoms with Gasteiger partial charge in [0.2, 0.25) is 0 Å². The second-order valence-electron chi connectivity index (χ2n) is 19.1. The predicted molar refractivity (Wildman–Crippen MR) is 298 cm³/mol. The van der Waals surface area contributed by atoms with Crippen LogP contribution in [0.25, 0.3) is 0 Å². The molecular weight excluding hydrogens is 1000 g/mol. The molecule has 0 saturated heterocycles. The molecule has 0 aliphatic rings. The molecular formula is C57H102O16P2. The van der Waals surface area contributed by atoms with Crippen LogP contribution in [0.3, 0.4) is 0 Å². The first-order valence-corrected chi connectivity index (χ1v) is 31.6. The van der Waals surface area contributed by atoms with Gasteiger partial charge in [-0.05, 0) is 77.0 Å². The molecule has 0 saturated carbocycles. The van der Waals surface area contributed by atoms with E-state index in [0.29, 0.717) is 19.3 Å². The Morgan fingerprint density at radius 3 is 1.17 bits per heavy atom. The summed E-state index contributed by atoms with van der Waals surface area (Å²) in [5, 5.41) is 20.4. The lowest BCUT2D eigenvalue weighted by molar-refractivity contribution is -0.161. The summed E-state index contributed by atoms with van der Waals surface area (Å²) in [6.45, 7) is 2.42. The van der Waals surface area contributed by atoms with E-state index >= 15 is 0 Å². The molecule has 0 fully saturated rings. The van der Waals surface area contributed by atoms with Gasteiger partial charge in [0, 0.05) is 19.3 Å². The summed E-state index contributed by atoms with van der Waals surface area (Å²) in [6.07, 6.45) is 47.3. The molecule has 5 atom stereocenters. The highest BCUT2D eigenvalue weighted by molar-refractivity contribution is 7.47. The molecule has 0 aromatic heterocycles. The highest BCUT2D eigenvalue weighted by Gasteiger charge is 2.29. The fourth-order valence-electron chi connectivity index (χ4n) is 7.33. The molecule has 5 unspecified atom stereocenters. The van der Waals surface area contributed by atoms with Gasteiger partial charge in [-0.1, -0.05) is 191 Å². The second kappa shape index (κ2) is 52.0. The molecule has 436 valence electrons. The first-order valence-electron chi connectivity index (χ1n) is 28.6. The number of phosphoric acid groups is 2. The maximum atomic E-state index is 12.8. The quantitative estimate of drug-likeness (QED) is 0.0146. The minimum Gasteiger partial charge on any atom is -0.463 e. The van der Waals surface area contributed by atoms with Crippen LogP contribution in [0.15, 0.2) is 60.8 Å². The Morgan fingerprint density at radius 1 is 0.387 bits per heavy atom. The molecule has 75 heavy (non-hydrogen) atoms. The lowest BCUT2D eigenvalue weighted by Gasteiger charge is -2.21. The molecule has 0 aromatic carbocycles. The second-order valence-corrected chi connectivity index (χ2v) is 22.0. The van der Waals surface area contributed by atoms with E-state index in [-0.39, 0.29) is 19.3 Å². The van der Waals surface area contributed by atoms with Crippen LogP contribution >= 0.6 is 15.6 Å². The van der Waals surface area contributed by atoms with Crippen molar-refractivity contribution >= 4 is 33.6 Å². The normalized spacial score (nSPS) is 15.0. The van der Waals surface area contributed by atoms with E-state index in [1.165, 1.54) is 38.5 Å². The van der Waals surface area contributed by atoms with E-state index in [0.717, 1.165) is 128 Å². The smallest absolute Gasteiger partial charge is 0.463 e. The molecule has 0 amide bonds. The standard InChI is InChI=1S/C57H102O16P2/c1-4-7-10-13-16-19-22-24-25-27-30-31-34-37-40-43-55(60)67-46-52(58)47-69-74(63,64)70-48-53(59)49-71-75(65,66)72-51-54(73-57(62)45-42-39-36-33-28-21-18-15-12-9-6-3)50-68-56(61)44-41-38-35-32-29-26-23-20-17-14-11-8-5-2/h7,10-11,14,16,19-20,23-25,52-54,58-59H,4-6,8-9,12-13,15,17-18,21-22,26-51H2,1-3H3,(H,63,64)(H,65,66)/b10-7-,14-11-,19-16-,23-20-,25-24-. The number of carbonyl (C=O) groups is 3. The highest BCUT2D eigenvalue weighted by Crippen LogP contribution is 2.45. The largest absolute Gasteiger partial charge is 0.472 e. The summed E-state index contributed by atoms with van der Waals surface area (Å²) in [5.41, 5.74) is 0. The molecule has 0 radical (unpaired) electrons. The molecule has 0 aromatic rings. The van der Waals surface area contributed by atoms with E-state index in [1.54, 1.807) is 0 Å². The molecule has 18 heteroatoms. The maximum Gasteiger partial charge on any atom is 0.472 e. The van der Waals surface area contributed by atoms with E-state index in [9.17, 15) is 43.5 Å². The number of ether oxygens (including phenoxy) is 3. The van der Waals surface area contributed by atoms with Crippen molar-refractivity contribution in [1.82, 2.24) is 0 Å². The lowest BCUT2D eigenvalue weighted by Crippen LogP contribution is -2.30. The van der Waals surface area contributed by atoms with Crippen LogP contribution in [0.1, 0.15) is 226 Å². The van der Waals surface area contributed by atoms with Crippen LogP contribution in [0, 0.1) is 0 Å². The van der Waals surface area contributed by atoms with E-state index in [2.05, 4.69) is 81.5 Å². The van der Waals surface area contributed by atoms with Crippen molar-refractivity contribution in [2.45, 2.75) is 245 Å². The van der Waals surface area contributed by atoms with Gasteiger partial charge >= 0.3 is 33.6 Å². The van der Waals surface area contributed by atoms with Crippen LogP contribution in [-0.4, -0.2) is 95.9 Å². The average molecular weight is 1110 g/mol.